The first-order valence-corrected chi connectivity index (χ1v) is 11.3. The van der Waals surface area contributed by atoms with Crippen molar-refractivity contribution < 1.29 is 9.59 Å². The Morgan fingerprint density at radius 3 is 2.42 bits per heavy atom. The number of rotatable bonds is 5. The Balaban J connectivity index is 1.60. The van der Waals surface area contributed by atoms with E-state index in [0.29, 0.717) is 26.3 Å². The third kappa shape index (κ3) is 4.56. The summed E-state index contributed by atoms with van der Waals surface area (Å²) < 4.78 is 1.27. The predicted molar refractivity (Wildman–Crippen MR) is 132 cm³/mol. The molecule has 0 aliphatic rings. The molecule has 0 saturated carbocycles. The molecule has 2 aromatic carbocycles. The van der Waals surface area contributed by atoms with E-state index in [1.165, 1.54) is 22.2 Å². The van der Waals surface area contributed by atoms with Crippen LogP contribution < -0.4 is 16.2 Å². The number of thiophene rings is 1. The van der Waals surface area contributed by atoms with Gasteiger partial charge >= 0.3 is 0 Å². The topological polar surface area (TPSA) is 93.1 Å². The van der Waals surface area contributed by atoms with Gasteiger partial charge in [-0.1, -0.05) is 35.9 Å². The van der Waals surface area contributed by atoms with E-state index in [9.17, 15) is 14.4 Å². The zero-order valence-electron chi connectivity index (χ0n) is 18.9. The van der Waals surface area contributed by atoms with Crippen molar-refractivity contribution in [2.75, 3.05) is 10.6 Å². The molecule has 0 unspecified atom stereocenters. The highest BCUT2D eigenvalue weighted by atomic mass is 32.1. The molecule has 0 fully saturated rings. The molecule has 0 bridgehead atoms. The van der Waals surface area contributed by atoms with Crippen molar-refractivity contribution in [1.29, 1.82) is 0 Å². The van der Waals surface area contributed by atoms with E-state index in [2.05, 4.69) is 15.6 Å². The molecular formula is C25H24N4O3S. The molecule has 0 radical (unpaired) electrons. The van der Waals surface area contributed by atoms with E-state index in [-0.39, 0.29) is 23.9 Å². The fraction of sp³-hybridized carbons (Fsp3) is 0.200. The number of carbonyl (C=O) groups is 2. The monoisotopic (exact) mass is 460 g/mol. The van der Waals surface area contributed by atoms with Crippen LogP contribution in [0, 0.1) is 27.7 Å². The number of aromatic nitrogens is 2. The molecule has 0 aliphatic carbocycles. The van der Waals surface area contributed by atoms with Gasteiger partial charge in [0.2, 0.25) is 5.91 Å². The molecule has 33 heavy (non-hydrogen) atoms. The van der Waals surface area contributed by atoms with Crippen LogP contribution >= 0.6 is 11.3 Å². The number of hydrogen-bond acceptors (Lipinski definition) is 5. The Labute approximate surface area is 195 Å². The number of anilines is 2. The number of para-hydroxylation sites is 1. The molecule has 0 saturated heterocycles. The molecule has 2 amide bonds. The Kier molecular flexibility index (Phi) is 6.11. The van der Waals surface area contributed by atoms with Crippen LogP contribution in [-0.2, 0) is 11.3 Å². The number of nitrogens with one attached hydrogen (secondary N) is 2. The van der Waals surface area contributed by atoms with E-state index in [1.807, 2.05) is 57.2 Å². The van der Waals surface area contributed by atoms with Crippen molar-refractivity contribution in [2.24, 2.45) is 0 Å². The quantitative estimate of drug-likeness (QED) is 0.456. The number of nitrogens with zero attached hydrogens (tertiary/aromatic N) is 2. The lowest BCUT2D eigenvalue weighted by Gasteiger charge is -2.09. The highest BCUT2D eigenvalue weighted by Gasteiger charge is 2.20. The van der Waals surface area contributed by atoms with Crippen molar-refractivity contribution >= 4 is 44.7 Å². The maximum Gasteiger partial charge on any atom is 0.266 e. The van der Waals surface area contributed by atoms with E-state index >= 15 is 0 Å². The minimum Gasteiger partial charge on any atom is -0.324 e. The van der Waals surface area contributed by atoms with Gasteiger partial charge in [-0.3, -0.25) is 19.0 Å². The molecule has 2 aromatic heterocycles. The predicted octanol–water partition coefficient (Wildman–Crippen LogP) is 4.58. The summed E-state index contributed by atoms with van der Waals surface area (Å²) in [6.07, 6.45) is 1.35. The summed E-state index contributed by atoms with van der Waals surface area (Å²) in [5.41, 5.74) is 4.63. The van der Waals surface area contributed by atoms with Crippen LogP contribution in [0.15, 0.2) is 53.6 Å². The van der Waals surface area contributed by atoms with Gasteiger partial charge in [-0.05, 0) is 56.5 Å². The first kappa shape index (κ1) is 22.4. The summed E-state index contributed by atoms with van der Waals surface area (Å²) in [7, 11) is 0. The molecule has 0 spiro atoms. The van der Waals surface area contributed by atoms with Gasteiger partial charge in [0.05, 0.1) is 16.6 Å². The summed E-state index contributed by atoms with van der Waals surface area (Å²) >= 11 is 1.17. The fourth-order valence-corrected chi connectivity index (χ4v) is 4.71. The molecule has 0 atom stereocenters. The summed E-state index contributed by atoms with van der Waals surface area (Å²) in [5.74, 6) is -0.612. The fourth-order valence-electron chi connectivity index (χ4n) is 3.68. The number of amides is 2. The molecule has 168 valence electrons. The lowest BCUT2D eigenvalue weighted by molar-refractivity contribution is -0.116. The lowest BCUT2D eigenvalue weighted by atomic mass is 10.1. The van der Waals surface area contributed by atoms with Crippen molar-refractivity contribution in [2.45, 2.75) is 34.2 Å². The second kappa shape index (κ2) is 8.99. The molecule has 0 aliphatic heterocycles. The van der Waals surface area contributed by atoms with Crippen LogP contribution in [0.1, 0.15) is 31.9 Å². The van der Waals surface area contributed by atoms with Crippen molar-refractivity contribution in [3.8, 4) is 0 Å². The molecule has 2 heterocycles. The van der Waals surface area contributed by atoms with Gasteiger partial charge in [-0.15, -0.1) is 11.3 Å². The molecule has 2 N–H and O–H groups in total. The molecular weight excluding hydrogens is 436 g/mol. The van der Waals surface area contributed by atoms with Gasteiger partial charge < -0.3 is 10.6 Å². The van der Waals surface area contributed by atoms with Crippen LogP contribution in [0.2, 0.25) is 0 Å². The second-order valence-electron chi connectivity index (χ2n) is 8.05. The number of benzene rings is 2. The maximum atomic E-state index is 13.1. The van der Waals surface area contributed by atoms with Gasteiger partial charge in [0.25, 0.3) is 11.5 Å². The third-order valence-corrected chi connectivity index (χ3v) is 6.69. The molecule has 4 aromatic rings. The Morgan fingerprint density at radius 2 is 1.70 bits per heavy atom. The standard InChI is InChI=1S/C25H24N4O3S/c1-14-9-10-19(16(3)11-14)28-23(31)22-17(4)21-24(33-22)26-13-29(25(21)32)12-20(30)27-18-8-6-5-7-15(18)2/h5-11,13H,12H2,1-4H3,(H,27,30)(H,28,31). The lowest BCUT2D eigenvalue weighted by Crippen LogP contribution is -2.28. The highest BCUT2D eigenvalue weighted by Crippen LogP contribution is 2.28. The van der Waals surface area contributed by atoms with Crippen molar-refractivity contribution in [3.63, 3.8) is 0 Å². The average Bonchev–Trinajstić information content (AvgIpc) is 3.11. The van der Waals surface area contributed by atoms with E-state index in [0.717, 1.165) is 22.4 Å². The maximum absolute atomic E-state index is 13.1. The van der Waals surface area contributed by atoms with Gasteiger partial charge in [-0.25, -0.2) is 4.98 Å². The first-order valence-electron chi connectivity index (χ1n) is 10.5. The summed E-state index contributed by atoms with van der Waals surface area (Å²) in [6, 6.07) is 13.2. The minimum absolute atomic E-state index is 0.171. The van der Waals surface area contributed by atoms with Gasteiger partial charge in [0.1, 0.15) is 11.4 Å². The number of aryl methyl sites for hydroxylation is 4. The zero-order valence-corrected chi connectivity index (χ0v) is 19.7. The van der Waals surface area contributed by atoms with E-state index in [1.54, 1.807) is 13.0 Å². The van der Waals surface area contributed by atoms with E-state index < -0.39 is 0 Å². The first-order chi connectivity index (χ1) is 15.7. The summed E-state index contributed by atoms with van der Waals surface area (Å²) in [4.78, 5) is 43.8. The number of carbonyl (C=O) groups excluding carboxylic acids is 2. The largest absolute Gasteiger partial charge is 0.324 e. The smallest absolute Gasteiger partial charge is 0.266 e. The normalized spacial score (nSPS) is 10.9. The van der Waals surface area contributed by atoms with Crippen LogP contribution in [0.4, 0.5) is 11.4 Å². The average molecular weight is 461 g/mol. The Bertz CT molecular complexity index is 1450. The Hall–Kier alpha value is -3.78. The molecule has 8 heteroatoms. The van der Waals surface area contributed by atoms with Crippen molar-refractivity contribution in [1.82, 2.24) is 9.55 Å². The van der Waals surface area contributed by atoms with Crippen LogP contribution in [0.3, 0.4) is 0 Å². The minimum atomic E-state index is -0.348. The number of hydrogen-bond donors (Lipinski definition) is 2. The van der Waals surface area contributed by atoms with Crippen molar-refractivity contribution in [3.05, 3.63) is 86.3 Å². The summed E-state index contributed by atoms with van der Waals surface area (Å²) in [5, 5.41) is 6.10. The number of fused-ring (bicyclic) bond motifs is 1. The zero-order chi connectivity index (χ0) is 23.7. The Morgan fingerprint density at radius 1 is 0.970 bits per heavy atom. The van der Waals surface area contributed by atoms with Gasteiger partial charge in [0, 0.05) is 11.4 Å². The van der Waals surface area contributed by atoms with Gasteiger partial charge in [0.15, 0.2) is 0 Å². The SMILES string of the molecule is Cc1ccc(NC(=O)c2sc3ncn(CC(=O)Nc4ccccc4C)c(=O)c3c2C)c(C)c1. The van der Waals surface area contributed by atoms with Gasteiger partial charge in [-0.2, -0.15) is 0 Å². The van der Waals surface area contributed by atoms with Crippen LogP contribution in [0.5, 0.6) is 0 Å². The van der Waals surface area contributed by atoms with E-state index in [4.69, 9.17) is 0 Å². The highest BCUT2D eigenvalue weighted by molar-refractivity contribution is 7.20. The van der Waals surface area contributed by atoms with Crippen LogP contribution in [-0.4, -0.2) is 21.4 Å². The third-order valence-electron chi connectivity index (χ3n) is 5.49. The molecule has 4 rings (SSSR count). The van der Waals surface area contributed by atoms with Crippen LogP contribution in [0.25, 0.3) is 10.2 Å². The summed E-state index contributed by atoms with van der Waals surface area (Å²) in [6.45, 7) is 7.39. The molecule has 7 nitrogen and oxygen atoms in total. The second-order valence-corrected chi connectivity index (χ2v) is 9.05.